The van der Waals surface area contributed by atoms with Crippen molar-refractivity contribution in [2.75, 3.05) is 0 Å². The van der Waals surface area contributed by atoms with Gasteiger partial charge in [0.1, 0.15) is 5.15 Å². The van der Waals surface area contributed by atoms with E-state index < -0.39 is 0 Å². The molecule has 4 heteroatoms. The summed E-state index contributed by atoms with van der Waals surface area (Å²) in [5.41, 5.74) is 0.440. The van der Waals surface area contributed by atoms with E-state index in [9.17, 15) is 4.79 Å². The summed E-state index contributed by atoms with van der Waals surface area (Å²) in [4.78, 5) is 15.8. The Kier molecular flexibility index (Phi) is 6.13. The van der Waals surface area contributed by atoms with Crippen LogP contribution in [-0.4, -0.2) is 16.9 Å². The smallest absolute Gasteiger partial charge is 0.254 e. The zero-order valence-corrected chi connectivity index (χ0v) is 12.0. The van der Waals surface area contributed by atoms with Crippen molar-refractivity contribution in [1.29, 1.82) is 0 Å². The van der Waals surface area contributed by atoms with Crippen LogP contribution in [0.4, 0.5) is 0 Å². The summed E-state index contributed by atoms with van der Waals surface area (Å²) < 4.78 is 0. The van der Waals surface area contributed by atoms with Crippen molar-refractivity contribution in [3.63, 3.8) is 0 Å². The number of aromatic nitrogens is 1. The van der Waals surface area contributed by atoms with Crippen molar-refractivity contribution in [3.05, 3.63) is 29.0 Å². The van der Waals surface area contributed by atoms with Crippen LogP contribution in [0.1, 0.15) is 50.4 Å². The van der Waals surface area contributed by atoms with Crippen LogP contribution in [0.2, 0.25) is 5.15 Å². The van der Waals surface area contributed by atoms with E-state index in [-0.39, 0.29) is 17.1 Å². The molecule has 100 valence electrons. The number of halogens is 1. The second kappa shape index (κ2) is 7.37. The molecule has 3 nitrogen and oxygen atoms in total. The lowest BCUT2D eigenvalue weighted by Gasteiger charge is -2.14. The number of carbonyl (C=O) groups is 1. The quantitative estimate of drug-likeness (QED) is 0.800. The van der Waals surface area contributed by atoms with Crippen molar-refractivity contribution >= 4 is 17.5 Å². The first-order valence-corrected chi connectivity index (χ1v) is 6.80. The summed E-state index contributed by atoms with van der Waals surface area (Å²) in [6.07, 6.45) is 4.88. The highest BCUT2D eigenvalue weighted by Crippen LogP contribution is 2.12. The van der Waals surface area contributed by atoms with Gasteiger partial charge in [0.2, 0.25) is 0 Å². The van der Waals surface area contributed by atoms with E-state index in [1.165, 1.54) is 6.42 Å². The molecule has 1 heterocycles. The van der Waals surface area contributed by atoms with Crippen molar-refractivity contribution in [3.8, 4) is 0 Å². The molecule has 1 unspecified atom stereocenters. The minimum Gasteiger partial charge on any atom is -0.349 e. The Labute approximate surface area is 114 Å². The van der Waals surface area contributed by atoms with Crippen LogP contribution >= 0.6 is 11.6 Å². The van der Waals surface area contributed by atoms with Crippen LogP contribution in [-0.2, 0) is 0 Å². The lowest BCUT2D eigenvalue weighted by molar-refractivity contribution is 0.0937. The average molecular weight is 269 g/mol. The van der Waals surface area contributed by atoms with Gasteiger partial charge < -0.3 is 5.32 Å². The SMILES string of the molecule is CC(C)CCCC(C)NC(=O)c1cccnc1Cl. The van der Waals surface area contributed by atoms with Gasteiger partial charge in [0.05, 0.1) is 5.56 Å². The van der Waals surface area contributed by atoms with Gasteiger partial charge in [-0.15, -0.1) is 0 Å². The fourth-order valence-electron chi connectivity index (χ4n) is 1.76. The Bertz CT molecular complexity index is 393. The average Bonchev–Trinajstić information content (AvgIpc) is 2.28. The minimum atomic E-state index is -0.148. The number of hydrogen-bond donors (Lipinski definition) is 1. The molecule has 1 aromatic rings. The van der Waals surface area contributed by atoms with Gasteiger partial charge in [-0.25, -0.2) is 4.98 Å². The van der Waals surface area contributed by atoms with E-state index in [0.29, 0.717) is 11.5 Å². The van der Waals surface area contributed by atoms with Gasteiger partial charge in [0, 0.05) is 12.2 Å². The number of nitrogens with zero attached hydrogens (tertiary/aromatic N) is 1. The molecule has 1 amide bonds. The molecule has 0 spiro atoms. The fraction of sp³-hybridized carbons (Fsp3) is 0.571. The third kappa shape index (κ3) is 5.05. The number of rotatable bonds is 6. The summed E-state index contributed by atoms with van der Waals surface area (Å²) in [5, 5.41) is 3.20. The molecule has 18 heavy (non-hydrogen) atoms. The van der Waals surface area contributed by atoms with Gasteiger partial charge in [0.25, 0.3) is 5.91 Å². The molecule has 0 aromatic carbocycles. The van der Waals surface area contributed by atoms with Gasteiger partial charge in [-0.2, -0.15) is 0 Å². The van der Waals surface area contributed by atoms with Gasteiger partial charge in [-0.05, 0) is 31.4 Å². The molecule has 0 aliphatic carbocycles. The molecule has 0 saturated carbocycles. The highest BCUT2D eigenvalue weighted by atomic mass is 35.5. The van der Waals surface area contributed by atoms with E-state index in [1.54, 1.807) is 18.3 Å². The molecule has 0 saturated heterocycles. The van der Waals surface area contributed by atoms with Crippen LogP contribution in [0.15, 0.2) is 18.3 Å². The first-order chi connectivity index (χ1) is 8.50. The van der Waals surface area contributed by atoms with Crippen molar-refractivity contribution in [2.24, 2.45) is 5.92 Å². The van der Waals surface area contributed by atoms with Crippen LogP contribution in [0.5, 0.6) is 0 Å². The number of hydrogen-bond acceptors (Lipinski definition) is 2. The lowest BCUT2D eigenvalue weighted by atomic mass is 10.0. The summed E-state index contributed by atoms with van der Waals surface area (Å²) in [5.74, 6) is 0.561. The highest BCUT2D eigenvalue weighted by molar-refractivity contribution is 6.32. The molecule has 0 aliphatic heterocycles. The van der Waals surface area contributed by atoms with Crippen LogP contribution in [0.25, 0.3) is 0 Å². The topological polar surface area (TPSA) is 42.0 Å². The third-order valence-electron chi connectivity index (χ3n) is 2.80. The van der Waals surface area contributed by atoms with E-state index in [4.69, 9.17) is 11.6 Å². The maximum atomic E-state index is 11.9. The molecule has 1 atom stereocenters. The van der Waals surface area contributed by atoms with Gasteiger partial charge in [0.15, 0.2) is 0 Å². The number of pyridine rings is 1. The Morgan fingerprint density at radius 2 is 2.11 bits per heavy atom. The van der Waals surface area contributed by atoms with E-state index in [1.807, 2.05) is 6.92 Å². The second-order valence-electron chi connectivity index (χ2n) is 5.04. The molecule has 1 aromatic heterocycles. The number of carbonyl (C=O) groups excluding carboxylic acids is 1. The maximum absolute atomic E-state index is 11.9. The normalized spacial score (nSPS) is 12.5. The van der Waals surface area contributed by atoms with Crippen LogP contribution in [0, 0.1) is 5.92 Å². The minimum absolute atomic E-state index is 0.148. The van der Waals surface area contributed by atoms with E-state index in [0.717, 1.165) is 12.8 Å². The van der Waals surface area contributed by atoms with Crippen LogP contribution < -0.4 is 5.32 Å². The second-order valence-corrected chi connectivity index (χ2v) is 5.40. The molecule has 0 fully saturated rings. The maximum Gasteiger partial charge on any atom is 0.254 e. The highest BCUT2D eigenvalue weighted by Gasteiger charge is 2.13. The molecular weight excluding hydrogens is 248 g/mol. The largest absolute Gasteiger partial charge is 0.349 e. The van der Waals surface area contributed by atoms with Crippen molar-refractivity contribution < 1.29 is 4.79 Å². The molecule has 1 N–H and O–H groups in total. The number of amides is 1. The molecule has 1 rings (SSSR count). The van der Waals surface area contributed by atoms with E-state index in [2.05, 4.69) is 24.1 Å². The first kappa shape index (κ1) is 15.0. The van der Waals surface area contributed by atoms with Crippen molar-refractivity contribution in [2.45, 2.75) is 46.1 Å². The molecular formula is C14H21ClN2O. The predicted molar refractivity (Wildman–Crippen MR) is 74.9 cm³/mol. The lowest BCUT2D eigenvalue weighted by Crippen LogP contribution is -2.32. The standard InChI is InChI=1S/C14H21ClN2O/c1-10(2)6-4-7-11(3)17-14(18)12-8-5-9-16-13(12)15/h5,8-11H,4,6-7H2,1-3H3,(H,17,18). The monoisotopic (exact) mass is 268 g/mol. The summed E-state index contributed by atoms with van der Waals surface area (Å²) in [7, 11) is 0. The summed E-state index contributed by atoms with van der Waals surface area (Å²) in [6.45, 7) is 6.43. The van der Waals surface area contributed by atoms with E-state index >= 15 is 0 Å². The Balaban J connectivity index is 2.43. The predicted octanol–water partition coefficient (Wildman–Crippen LogP) is 3.68. The number of nitrogens with one attached hydrogen (secondary N) is 1. The Morgan fingerprint density at radius 1 is 1.39 bits per heavy atom. The Morgan fingerprint density at radius 3 is 2.72 bits per heavy atom. The van der Waals surface area contributed by atoms with Gasteiger partial charge in [-0.3, -0.25) is 4.79 Å². The van der Waals surface area contributed by atoms with Gasteiger partial charge in [-0.1, -0.05) is 38.3 Å². The Hall–Kier alpha value is -1.09. The van der Waals surface area contributed by atoms with Crippen molar-refractivity contribution in [1.82, 2.24) is 10.3 Å². The van der Waals surface area contributed by atoms with Gasteiger partial charge >= 0.3 is 0 Å². The summed E-state index contributed by atoms with van der Waals surface area (Å²) >= 11 is 5.88. The molecule has 0 bridgehead atoms. The zero-order chi connectivity index (χ0) is 13.5. The third-order valence-corrected chi connectivity index (χ3v) is 3.10. The summed E-state index contributed by atoms with van der Waals surface area (Å²) in [6, 6.07) is 3.56. The molecule has 0 aliphatic rings. The molecule has 0 radical (unpaired) electrons. The zero-order valence-electron chi connectivity index (χ0n) is 11.2. The van der Waals surface area contributed by atoms with Crippen LogP contribution in [0.3, 0.4) is 0 Å². The fourth-order valence-corrected chi connectivity index (χ4v) is 1.97. The first-order valence-electron chi connectivity index (χ1n) is 6.42.